The average Bonchev–Trinajstić information content (AvgIpc) is 2.51. The van der Waals surface area contributed by atoms with Gasteiger partial charge in [-0.1, -0.05) is 74.9 Å². The van der Waals surface area contributed by atoms with E-state index in [2.05, 4.69) is 13.8 Å². The zero-order valence-corrected chi connectivity index (χ0v) is 12.3. The fourth-order valence-electron chi connectivity index (χ4n) is 1.71. The Balaban J connectivity index is 0.000000188. The Morgan fingerprint density at radius 3 is 1.95 bits per heavy atom. The second-order valence-corrected chi connectivity index (χ2v) is 4.55. The van der Waals surface area contributed by atoms with Gasteiger partial charge in [0.2, 0.25) is 0 Å². The number of fused-ring (bicyclic) bond motifs is 1. The van der Waals surface area contributed by atoms with Gasteiger partial charge < -0.3 is 9.84 Å². The topological polar surface area (TPSA) is 29.5 Å². The second kappa shape index (κ2) is 10.0. The van der Waals surface area contributed by atoms with Crippen LogP contribution in [0.2, 0.25) is 0 Å². The van der Waals surface area contributed by atoms with Crippen molar-refractivity contribution in [2.45, 2.75) is 32.8 Å². The molecule has 0 spiro atoms. The van der Waals surface area contributed by atoms with E-state index >= 15 is 0 Å². The Morgan fingerprint density at radius 1 is 0.950 bits per heavy atom. The fourth-order valence-corrected chi connectivity index (χ4v) is 1.71. The van der Waals surface area contributed by atoms with Crippen molar-refractivity contribution in [1.82, 2.24) is 0 Å². The Kier molecular flexibility index (Phi) is 8.16. The maximum atomic E-state index is 9.48. The highest BCUT2D eigenvalue weighted by atomic mass is 16.5. The molecule has 2 heteroatoms. The minimum Gasteiger partial charge on any atom is -0.493 e. The standard InChI is InChI=1S/C9H10O2.C6H6.C3H8/c10-8-5-6-11-9-4-2-1-3-7(8)9;1-2-4-6-5-3-1;1-3-2/h1-4,8,10H,5-6H2;1-6H;3H2,1-2H3. The van der Waals surface area contributed by atoms with Gasteiger partial charge in [0.25, 0.3) is 0 Å². The summed E-state index contributed by atoms with van der Waals surface area (Å²) < 4.78 is 5.33. The van der Waals surface area contributed by atoms with Crippen molar-refractivity contribution in [3.05, 3.63) is 66.2 Å². The lowest BCUT2D eigenvalue weighted by Crippen LogP contribution is -2.13. The minimum atomic E-state index is -0.333. The van der Waals surface area contributed by atoms with Gasteiger partial charge in [-0.25, -0.2) is 0 Å². The molecule has 0 radical (unpaired) electrons. The highest BCUT2D eigenvalue weighted by Crippen LogP contribution is 2.30. The van der Waals surface area contributed by atoms with E-state index in [9.17, 15) is 5.11 Å². The molecule has 0 aromatic heterocycles. The molecule has 0 saturated heterocycles. The lowest BCUT2D eigenvalue weighted by molar-refractivity contribution is 0.115. The normalized spacial score (nSPS) is 15.4. The molecule has 2 aromatic rings. The molecule has 1 atom stereocenters. The lowest BCUT2D eigenvalue weighted by atomic mass is 10.0. The maximum absolute atomic E-state index is 9.48. The van der Waals surface area contributed by atoms with Gasteiger partial charge in [0.05, 0.1) is 12.7 Å². The summed E-state index contributed by atoms with van der Waals surface area (Å²) >= 11 is 0. The third kappa shape index (κ3) is 5.89. The first-order valence-corrected chi connectivity index (χ1v) is 7.19. The Hall–Kier alpha value is -1.80. The van der Waals surface area contributed by atoms with E-state index in [1.54, 1.807) is 0 Å². The van der Waals surface area contributed by atoms with Crippen molar-refractivity contribution in [3.8, 4) is 5.75 Å². The van der Waals surface area contributed by atoms with E-state index in [1.165, 1.54) is 6.42 Å². The van der Waals surface area contributed by atoms with E-state index in [-0.39, 0.29) is 6.10 Å². The van der Waals surface area contributed by atoms with Crippen molar-refractivity contribution < 1.29 is 9.84 Å². The SMILES string of the molecule is CCC.OC1CCOc2ccccc21.c1ccccc1. The highest BCUT2D eigenvalue weighted by molar-refractivity contribution is 5.36. The zero-order chi connectivity index (χ0) is 14.6. The molecule has 1 N–H and O–H groups in total. The molecule has 0 fully saturated rings. The molecule has 1 aliphatic rings. The molecule has 0 amide bonds. The molecule has 0 bridgehead atoms. The summed E-state index contributed by atoms with van der Waals surface area (Å²) in [6, 6.07) is 19.6. The summed E-state index contributed by atoms with van der Waals surface area (Å²) in [7, 11) is 0. The van der Waals surface area contributed by atoms with Crippen molar-refractivity contribution >= 4 is 0 Å². The number of para-hydroxylation sites is 1. The van der Waals surface area contributed by atoms with E-state index in [4.69, 9.17) is 4.74 Å². The molecule has 1 unspecified atom stereocenters. The van der Waals surface area contributed by atoms with E-state index in [0.29, 0.717) is 13.0 Å². The molecule has 3 rings (SSSR count). The number of aliphatic hydroxyl groups is 1. The number of aliphatic hydroxyl groups excluding tert-OH is 1. The summed E-state index contributed by atoms with van der Waals surface area (Å²) in [5.41, 5.74) is 0.916. The summed E-state index contributed by atoms with van der Waals surface area (Å²) in [6.07, 6.45) is 1.62. The molecule has 2 aromatic carbocycles. The van der Waals surface area contributed by atoms with Gasteiger partial charge in [0, 0.05) is 12.0 Å². The monoisotopic (exact) mass is 272 g/mol. The minimum absolute atomic E-state index is 0.333. The first-order chi connectivity index (χ1) is 9.79. The second-order valence-electron chi connectivity index (χ2n) is 4.55. The summed E-state index contributed by atoms with van der Waals surface area (Å²) in [5, 5.41) is 9.48. The predicted molar refractivity (Wildman–Crippen MR) is 83.9 cm³/mol. The van der Waals surface area contributed by atoms with Gasteiger partial charge in [0.1, 0.15) is 5.75 Å². The van der Waals surface area contributed by atoms with Crippen LogP contribution in [-0.2, 0) is 0 Å². The van der Waals surface area contributed by atoms with Crippen molar-refractivity contribution in [1.29, 1.82) is 0 Å². The first kappa shape index (κ1) is 16.3. The van der Waals surface area contributed by atoms with E-state index in [0.717, 1.165) is 11.3 Å². The van der Waals surface area contributed by atoms with Crippen molar-refractivity contribution in [2.75, 3.05) is 6.61 Å². The van der Waals surface area contributed by atoms with Gasteiger partial charge in [-0.2, -0.15) is 0 Å². The largest absolute Gasteiger partial charge is 0.493 e. The Morgan fingerprint density at radius 2 is 1.45 bits per heavy atom. The Labute approximate surface area is 122 Å². The van der Waals surface area contributed by atoms with Crippen LogP contribution in [0.3, 0.4) is 0 Å². The van der Waals surface area contributed by atoms with Gasteiger partial charge in [-0.05, 0) is 6.07 Å². The van der Waals surface area contributed by atoms with E-state index < -0.39 is 0 Å². The quantitative estimate of drug-likeness (QED) is 0.759. The van der Waals surface area contributed by atoms with E-state index in [1.807, 2.05) is 60.7 Å². The third-order valence-corrected chi connectivity index (χ3v) is 2.59. The lowest BCUT2D eigenvalue weighted by Gasteiger charge is -2.21. The van der Waals surface area contributed by atoms with Crippen LogP contribution in [0.15, 0.2) is 60.7 Å². The van der Waals surface area contributed by atoms with Gasteiger partial charge in [0.15, 0.2) is 0 Å². The first-order valence-electron chi connectivity index (χ1n) is 7.19. The van der Waals surface area contributed by atoms with Crippen LogP contribution in [0.4, 0.5) is 0 Å². The van der Waals surface area contributed by atoms with Gasteiger partial charge in [-0.15, -0.1) is 0 Å². The Bertz CT molecular complexity index is 427. The van der Waals surface area contributed by atoms with Crippen LogP contribution in [0, 0.1) is 0 Å². The molecule has 2 nitrogen and oxygen atoms in total. The van der Waals surface area contributed by atoms with Crippen molar-refractivity contribution in [3.63, 3.8) is 0 Å². The number of rotatable bonds is 0. The van der Waals surface area contributed by atoms with Crippen LogP contribution in [-0.4, -0.2) is 11.7 Å². The van der Waals surface area contributed by atoms with Crippen LogP contribution in [0.1, 0.15) is 38.4 Å². The summed E-state index contributed by atoms with van der Waals surface area (Å²) in [6.45, 7) is 4.87. The maximum Gasteiger partial charge on any atom is 0.125 e. The molecule has 0 saturated carbocycles. The molecular weight excluding hydrogens is 248 g/mol. The van der Waals surface area contributed by atoms with Gasteiger partial charge in [-0.3, -0.25) is 0 Å². The number of ether oxygens (including phenoxy) is 1. The fraction of sp³-hybridized carbons (Fsp3) is 0.333. The number of benzene rings is 2. The third-order valence-electron chi connectivity index (χ3n) is 2.59. The highest BCUT2D eigenvalue weighted by Gasteiger charge is 2.17. The van der Waals surface area contributed by atoms with Crippen LogP contribution < -0.4 is 4.74 Å². The molecule has 1 heterocycles. The smallest absolute Gasteiger partial charge is 0.125 e. The number of hydrogen-bond acceptors (Lipinski definition) is 2. The summed E-state index contributed by atoms with van der Waals surface area (Å²) in [5.74, 6) is 0.825. The molecule has 0 aliphatic carbocycles. The van der Waals surface area contributed by atoms with Gasteiger partial charge >= 0.3 is 0 Å². The summed E-state index contributed by atoms with van der Waals surface area (Å²) in [4.78, 5) is 0. The van der Waals surface area contributed by atoms with Crippen LogP contribution in [0.25, 0.3) is 0 Å². The number of hydrogen-bond donors (Lipinski definition) is 1. The predicted octanol–water partition coefficient (Wildman–Crippen LogP) is 4.61. The van der Waals surface area contributed by atoms with Crippen LogP contribution >= 0.6 is 0 Å². The molecular formula is C18H24O2. The zero-order valence-electron chi connectivity index (χ0n) is 12.3. The molecule has 1 aliphatic heterocycles. The molecule has 20 heavy (non-hydrogen) atoms. The van der Waals surface area contributed by atoms with Crippen molar-refractivity contribution in [2.24, 2.45) is 0 Å². The average molecular weight is 272 g/mol. The molecule has 108 valence electrons. The van der Waals surface area contributed by atoms with Crippen LogP contribution in [0.5, 0.6) is 5.75 Å².